The van der Waals surface area contributed by atoms with Gasteiger partial charge in [0.25, 0.3) is 0 Å². The van der Waals surface area contributed by atoms with Crippen LogP contribution in [0.15, 0.2) is 60.9 Å². The van der Waals surface area contributed by atoms with Gasteiger partial charge in [0.1, 0.15) is 11.9 Å². The van der Waals surface area contributed by atoms with E-state index >= 15 is 0 Å². The maximum Gasteiger partial charge on any atom is 0.159 e. The van der Waals surface area contributed by atoms with E-state index in [0.717, 1.165) is 41.5 Å². The SMILES string of the molecule is CCCC[C@@H](F)CCc1ccc(-c2ncc(-c3ccc(O)cc3)cn2)cc1. The van der Waals surface area contributed by atoms with Gasteiger partial charge in [-0.05, 0) is 42.5 Å². The predicted molar refractivity (Wildman–Crippen MR) is 107 cm³/mol. The number of hydrogen-bond acceptors (Lipinski definition) is 3. The number of aromatic nitrogens is 2. The summed E-state index contributed by atoms with van der Waals surface area (Å²) in [5, 5.41) is 9.37. The summed E-state index contributed by atoms with van der Waals surface area (Å²) >= 11 is 0. The number of benzene rings is 2. The number of phenols is 1. The van der Waals surface area contributed by atoms with Crippen LogP contribution in [0.4, 0.5) is 4.39 Å². The Bertz CT molecular complexity index is 830. The summed E-state index contributed by atoms with van der Waals surface area (Å²) in [6, 6.07) is 15.0. The Morgan fingerprint density at radius 3 is 2.11 bits per heavy atom. The van der Waals surface area contributed by atoms with Crippen molar-refractivity contribution in [3.63, 3.8) is 0 Å². The highest BCUT2D eigenvalue weighted by Gasteiger charge is 2.07. The molecule has 1 N–H and O–H groups in total. The van der Waals surface area contributed by atoms with Crippen LogP contribution >= 0.6 is 0 Å². The third-order valence-corrected chi connectivity index (χ3v) is 4.68. The lowest BCUT2D eigenvalue weighted by Crippen LogP contribution is -2.02. The highest BCUT2D eigenvalue weighted by molar-refractivity contribution is 5.64. The Labute approximate surface area is 159 Å². The average Bonchev–Trinajstić information content (AvgIpc) is 2.72. The molecule has 1 aromatic heterocycles. The number of aryl methyl sites for hydroxylation is 1. The first kappa shape index (κ1) is 19.0. The largest absolute Gasteiger partial charge is 0.508 e. The standard InChI is InChI=1S/C23H25FN2O/c1-2-3-4-21(24)12-7-17-5-8-19(9-6-17)23-25-15-20(16-26-23)18-10-13-22(27)14-11-18/h5-6,8-11,13-16,21,27H,2-4,7,12H2,1H3/t21-/m1/s1. The maximum absolute atomic E-state index is 13.8. The molecule has 3 rings (SSSR count). The zero-order chi connectivity index (χ0) is 19.1. The van der Waals surface area contributed by atoms with Crippen LogP contribution in [-0.2, 0) is 6.42 Å². The Kier molecular flexibility index (Phi) is 6.53. The summed E-state index contributed by atoms with van der Waals surface area (Å²) in [5.74, 6) is 0.899. The number of aromatic hydroxyl groups is 1. The zero-order valence-corrected chi connectivity index (χ0v) is 15.6. The molecular weight excluding hydrogens is 339 g/mol. The molecule has 2 aromatic carbocycles. The minimum Gasteiger partial charge on any atom is -0.508 e. The van der Waals surface area contributed by atoms with Crippen molar-refractivity contribution in [2.45, 2.75) is 45.2 Å². The van der Waals surface area contributed by atoms with Crippen LogP contribution in [0.3, 0.4) is 0 Å². The third kappa shape index (κ3) is 5.36. The Morgan fingerprint density at radius 2 is 1.48 bits per heavy atom. The molecule has 0 saturated carbocycles. The molecule has 0 aliphatic rings. The van der Waals surface area contributed by atoms with E-state index in [-0.39, 0.29) is 5.75 Å². The third-order valence-electron chi connectivity index (χ3n) is 4.68. The lowest BCUT2D eigenvalue weighted by Gasteiger charge is -2.08. The van der Waals surface area contributed by atoms with Gasteiger partial charge in [-0.3, -0.25) is 0 Å². The Balaban J connectivity index is 1.62. The normalized spacial score (nSPS) is 12.1. The molecule has 0 aliphatic heterocycles. The lowest BCUT2D eigenvalue weighted by molar-refractivity contribution is 0.290. The number of rotatable bonds is 8. The van der Waals surface area contributed by atoms with Crippen molar-refractivity contribution in [2.75, 3.05) is 0 Å². The van der Waals surface area contributed by atoms with E-state index in [1.165, 1.54) is 0 Å². The number of hydrogen-bond donors (Lipinski definition) is 1. The van der Waals surface area contributed by atoms with E-state index in [2.05, 4.69) is 16.9 Å². The van der Waals surface area contributed by atoms with Crippen molar-refractivity contribution in [1.82, 2.24) is 9.97 Å². The molecule has 0 radical (unpaired) electrons. The summed E-state index contributed by atoms with van der Waals surface area (Å²) in [6.07, 6.45) is 6.85. The molecule has 0 amide bonds. The van der Waals surface area contributed by atoms with E-state index in [0.29, 0.717) is 18.7 Å². The van der Waals surface area contributed by atoms with Gasteiger partial charge in [0.05, 0.1) is 0 Å². The average molecular weight is 364 g/mol. The molecule has 1 heterocycles. The van der Waals surface area contributed by atoms with Crippen molar-refractivity contribution in [2.24, 2.45) is 0 Å². The van der Waals surface area contributed by atoms with Gasteiger partial charge in [0.15, 0.2) is 5.82 Å². The van der Waals surface area contributed by atoms with Crippen LogP contribution in [0.5, 0.6) is 5.75 Å². The van der Waals surface area contributed by atoms with Crippen molar-refractivity contribution < 1.29 is 9.50 Å². The first-order chi connectivity index (χ1) is 13.2. The molecule has 3 aromatic rings. The highest BCUT2D eigenvalue weighted by Crippen LogP contribution is 2.23. The minimum atomic E-state index is -0.708. The van der Waals surface area contributed by atoms with Gasteiger partial charge in [-0.1, -0.05) is 56.2 Å². The smallest absolute Gasteiger partial charge is 0.159 e. The van der Waals surface area contributed by atoms with Crippen LogP contribution < -0.4 is 0 Å². The molecule has 0 fully saturated rings. The van der Waals surface area contributed by atoms with Gasteiger partial charge >= 0.3 is 0 Å². The Morgan fingerprint density at radius 1 is 0.852 bits per heavy atom. The number of unbranched alkanes of at least 4 members (excludes halogenated alkanes) is 1. The first-order valence-corrected chi connectivity index (χ1v) is 9.50. The molecular formula is C23H25FN2O. The van der Waals surface area contributed by atoms with E-state index in [1.807, 2.05) is 36.4 Å². The second-order valence-corrected chi connectivity index (χ2v) is 6.82. The number of nitrogens with zero attached hydrogens (tertiary/aromatic N) is 2. The lowest BCUT2D eigenvalue weighted by atomic mass is 10.0. The summed E-state index contributed by atoms with van der Waals surface area (Å²) in [5.41, 5.74) is 3.94. The fourth-order valence-electron chi connectivity index (χ4n) is 2.99. The van der Waals surface area contributed by atoms with Crippen LogP contribution in [0.1, 0.15) is 38.2 Å². The summed E-state index contributed by atoms with van der Waals surface area (Å²) in [4.78, 5) is 8.90. The van der Waals surface area contributed by atoms with Crippen LogP contribution in [-0.4, -0.2) is 21.2 Å². The topological polar surface area (TPSA) is 46.0 Å². The molecule has 27 heavy (non-hydrogen) atoms. The second-order valence-electron chi connectivity index (χ2n) is 6.82. The molecule has 4 heteroatoms. The van der Waals surface area contributed by atoms with E-state index < -0.39 is 6.17 Å². The zero-order valence-electron chi connectivity index (χ0n) is 15.6. The van der Waals surface area contributed by atoms with Gasteiger partial charge in [-0.2, -0.15) is 0 Å². The maximum atomic E-state index is 13.8. The molecule has 0 bridgehead atoms. The van der Waals surface area contributed by atoms with Gasteiger partial charge in [0, 0.05) is 23.5 Å². The van der Waals surface area contributed by atoms with Gasteiger partial charge in [0.2, 0.25) is 0 Å². The minimum absolute atomic E-state index is 0.237. The fourth-order valence-corrected chi connectivity index (χ4v) is 2.99. The van der Waals surface area contributed by atoms with E-state index in [9.17, 15) is 9.50 Å². The quantitative estimate of drug-likeness (QED) is 0.535. The molecule has 0 aliphatic carbocycles. The number of halogens is 1. The van der Waals surface area contributed by atoms with E-state index in [1.54, 1.807) is 24.5 Å². The molecule has 140 valence electrons. The van der Waals surface area contributed by atoms with Gasteiger partial charge in [-0.15, -0.1) is 0 Å². The predicted octanol–water partition coefficient (Wildman–Crippen LogP) is 5.98. The van der Waals surface area contributed by atoms with E-state index in [4.69, 9.17) is 0 Å². The molecule has 0 saturated heterocycles. The molecule has 1 atom stereocenters. The van der Waals surface area contributed by atoms with Crippen LogP contribution in [0, 0.1) is 0 Å². The highest BCUT2D eigenvalue weighted by atomic mass is 19.1. The first-order valence-electron chi connectivity index (χ1n) is 9.50. The second kappa shape index (κ2) is 9.26. The summed E-state index contributed by atoms with van der Waals surface area (Å²) in [7, 11) is 0. The van der Waals surface area contributed by atoms with Crippen molar-refractivity contribution >= 4 is 0 Å². The van der Waals surface area contributed by atoms with Crippen LogP contribution in [0.25, 0.3) is 22.5 Å². The van der Waals surface area contributed by atoms with Crippen molar-refractivity contribution in [1.29, 1.82) is 0 Å². The Hall–Kier alpha value is -2.75. The fraction of sp³-hybridized carbons (Fsp3) is 0.304. The van der Waals surface area contributed by atoms with Gasteiger partial charge in [-0.25, -0.2) is 14.4 Å². The summed E-state index contributed by atoms with van der Waals surface area (Å²) in [6.45, 7) is 2.09. The summed E-state index contributed by atoms with van der Waals surface area (Å²) < 4.78 is 13.8. The molecule has 3 nitrogen and oxygen atoms in total. The van der Waals surface area contributed by atoms with Crippen LogP contribution in [0.2, 0.25) is 0 Å². The van der Waals surface area contributed by atoms with Crippen molar-refractivity contribution in [3.8, 4) is 28.3 Å². The molecule has 0 unspecified atom stereocenters. The monoisotopic (exact) mass is 364 g/mol. The van der Waals surface area contributed by atoms with Crippen molar-refractivity contribution in [3.05, 3.63) is 66.5 Å². The number of phenolic OH excluding ortho intramolecular Hbond substituents is 1. The van der Waals surface area contributed by atoms with Gasteiger partial charge < -0.3 is 5.11 Å². The number of alkyl halides is 1. The molecule has 0 spiro atoms.